The van der Waals surface area contributed by atoms with E-state index in [9.17, 15) is 0 Å². The Kier molecular flexibility index (Phi) is 6.52. The lowest BCUT2D eigenvalue weighted by Gasteiger charge is -2.38. The van der Waals surface area contributed by atoms with Gasteiger partial charge in [-0.3, -0.25) is 4.90 Å². The van der Waals surface area contributed by atoms with Crippen LogP contribution < -0.4 is 5.73 Å². The second-order valence-electron chi connectivity index (χ2n) is 5.82. The largest absolute Gasteiger partial charge is 0.337 e. The first-order valence-corrected chi connectivity index (χ1v) is 7.41. The number of aromatic nitrogens is 2. The average molecular weight is 266 g/mol. The van der Waals surface area contributed by atoms with Crippen LogP contribution in [-0.2, 0) is 13.6 Å². The van der Waals surface area contributed by atoms with Crippen LogP contribution in [0.3, 0.4) is 0 Å². The molecular formula is C15H30N4. The molecule has 0 fully saturated rings. The summed E-state index contributed by atoms with van der Waals surface area (Å²) in [7, 11) is 4.19. The third-order valence-corrected chi connectivity index (χ3v) is 4.23. The van der Waals surface area contributed by atoms with Crippen molar-refractivity contribution < 1.29 is 0 Å². The van der Waals surface area contributed by atoms with Crippen LogP contribution in [0.4, 0.5) is 0 Å². The maximum Gasteiger partial charge on any atom is 0.122 e. The summed E-state index contributed by atoms with van der Waals surface area (Å²) in [5.41, 5.74) is 6.09. The fourth-order valence-electron chi connectivity index (χ4n) is 2.33. The standard InChI is InChI=1S/C15H30N4/c1-5-6-7-8-9-15(2,13-16)19(4)12-14-17-10-11-18(14)3/h10-11H,5-9,12-13,16H2,1-4H3. The van der Waals surface area contributed by atoms with E-state index in [1.54, 1.807) is 0 Å². The lowest BCUT2D eigenvalue weighted by atomic mass is 9.92. The minimum absolute atomic E-state index is 0.0691. The maximum atomic E-state index is 6.02. The summed E-state index contributed by atoms with van der Waals surface area (Å²) in [6, 6.07) is 0. The summed E-state index contributed by atoms with van der Waals surface area (Å²) in [4.78, 5) is 6.74. The van der Waals surface area contributed by atoms with Gasteiger partial charge in [-0.2, -0.15) is 0 Å². The van der Waals surface area contributed by atoms with E-state index in [0.29, 0.717) is 6.54 Å². The van der Waals surface area contributed by atoms with Gasteiger partial charge in [0.15, 0.2) is 0 Å². The van der Waals surface area contributed by atoms with E-state index < -0.39 is 0 Å². The monoisotopic (exact) mass is 266 g/mol. The van der Waals surface area contributed by atoms with E-state index in [-0.39, 0.29) is 5.54 Å². The number of hydrogen-bond donors (Lipinski definition) is 1. The molecule has 0 bridgehead atoms. The van der Waals surface area contributed by atoms with Crippen LogP contribution in [0.25, 0.3) is 0 Å². The lowest BCUT2D eigenvalue weighted by molar-refractivity contribution is 0.118. The first kappa shape index (κ1) is 16.2. The van der Waals surface area contributed by atoms with E-state index in [4.69, 9.17) is 5.73 Å². The number of nitrogens with two attached hydrogens (primary N) is 1. The number of likely N-dealkylation sites (N-methyl/N-ethyl adjacent to an activating group) is 1. The van der Waals surface area contributed by atoms with E-state index in [1.165, 1.54) is 25.7 Å². The second kappa shape index (κ2) is 7.65. The van der Waals surface area contributed by atoms with Crippen molar-refractivity contribution in [3.63, 3.8) is 0 Å². The highest BCUT2D eigenvalue weighted by Gasteiger charge is 2.27. The minimum atomic E-state index is 0.0691. The smallest absolute Gasteiger partial charge is 0.122 e. The highest BCUT2D eigenvalue weighted by Crippen LogP contribution is 2.22. The van der Waals surface area contributed by atoms with Crippen molar-refractivity contribution >= 4 is 0 Å². The zero-order valence-corrected chi connectivity index (χ0v) is 13.0. The molecule has 2 N–H and O–H groups in total. The van der Waals surface area contributed by atoms with E-state index in [2.05, 4.69) is 35.3 Å². The Balaban J connectivity index is 2.54. The molecule has 0 aliphatic carbocycles. The SMILES string of the molecule is CCCCCCC(C)(CN)N(C)Cc1nccn1C. The molecule has 4 heteroatoms. The van der Waals surface area contributed by atoms with Crippen molar-refractivity contribution in [2.24, 2.45) is 12.8 Å². The summed E-state index contributed by atoms with van der Waals surface area (Å²) in [6.45, 7) is 6.06. The molecule has 1 unspecified atom stereocenters. The van der Waals surface area contributed by atoms with Gasteiger partial charge in [-0.15, -0.1) is 0 Å². The van der Waals surface area contributed by atoms with Crippen LogP contribution in [0, 0.1) is 0 Å². The van der Waals surface area contributed by atoms with Crippen molar-refractivity contribution in [3.05, 3.63) is 18.2 Å². The van der Waals surface area contributed by atoms with Crippen LogP contribution >= 0.6 is 0 Å². The van der Waals surface area contributed by atoms with Gasteiger partial charge in [-0.25, -0.2) is 4.98 Å². The molecule has 1 aromatic heterocycles. The topological polar surface area (TPSA) is 47.1 Å². The number of aryl methyl sites for hydroxylation is 1. The number of imidazole rings is 1. The lowest BCUT2D eigenvalue weighted by Crippen LogP contribution is -2.49. The molecule has 1 atom stereocenters. The third-order valence-electron chi connectivity index (χ3n) is 4.23. The molecule has 4 nitrogen and oxygen atoms in total. The van der Waals surface area contributed by atoms with Crippen molar-refractivity contribution in [1.29, 1.82) is 0 Å². The van der Waals surface area contributed by atoms with Gasteiger partial charge in [0.05, 0.1) is 6.54 Å². The van der Waals surface area contributed by atoms with Crippen LogP contribution in [-0.4, -0.2) is 33.6 Å². The van der Waals surface area contributed by atoms with Gasteiger partial charge in [0.1, 0.15) is 5.82 Å². The number of hydrogen-bond acceptors (Lipinski definition) is 3. The van der Waals surface area contributed by atoms with Gasteiger partial charge < -0.3 is 10.3 Å². The number of unbranched alkanes of at least 4 members (excludes halogenated alkanes) is 3. The summed E-state index contributed by atoms with van der Waals surface area (Å²) < 4.78 is 2.07. The van der Waals surface area contributed by atoms with E-state index >= 15 is 0 Å². The quantitative estimate of drug-likeness (QED) is 0.699. The van der Waals surface area contributed by atoms with E-state index in [1.807, 2.05) is 19.4 Å². The molecule has 0 saturated carbocycles. The Morgan fingerprint density at radius 3 is 2.63 bits per heavy atom. The Labute approximate surface area is 118 Å². The Bertz CT molecular complexity index is 361. The highest BCUT2D eigenvalue weighted by molar-refractivity contribution is 4.94. The molecule has 1 rings (SSSR count). The predicted molar refractivity (Wildman–Crippen MR) is 80.9 cm³/mol. The van der Waals surface area contributed by atoms with Crippen molar-refractivity contribution in [2.75, 3.05) is 13.6 Å². The van der Waals surface area contributed by atoms with Gasteiger partial charge in [-0.1, -0.05) is 32.6 Å². The molecule has 0 amide bonds. The van der Waals surface area contributed by atoms with E-state index in [0.717, 1.165) is 18.8 Å². The molecular weight excluding hydrogens is 236 g/mol. The number of nitrogens with zero attached hydrogens (tertiary/aromatic N) is 3. The molecule has 0 saturated heterocycles. The van der Waals surface area contributed by atoms with Gasteiger partial charge >= 0.3 is 0 Å². The summed E-state index contributed by atoms with van der Waals surface area (Å²) in [5, 5.41) is 0. The summed E-state index contributed by atoms with van der Waals surface area (Å²) >= 11 is 0. The molecule has 0 aliphatic rings. The Morgan fingerprint density at radius 2 is 2.11 bits per heavy atom. The first-order valence-electron chi connectivity index (χ1n) is 7.41. The minimum Gasteiger partial charge on any atom is -0.337 e. The van der Waals surface area contributed by atoms with Crippen LogP contribution in [0.1, 0.15) is 51.8 Å². The highest BCUT2D eigenvalue weighted by atomic mass is 15.2. The molecule has 1 heterocycles. The fraction of sp³-hybridized carbons (Fsp3) is 0.800. The van der Waals surface area contributed by atoms with Crippen molar-refractivity contribution in [3.8, 4) is 0 Å². The molecule has 0 radical (unpaired) electrons. The summed E-state index contributed by atoms with van der Waals surface area (Å²) in [5.74, 6) is 1.09. The van der Waals surface area contributed by atoms with Crippen LogP contribution in [0.5, 0.6) is 0 Å². The molecule has 110 valence electrons. The average Bonchev–Trinajstić information content (AvgIpc) is 2.80. The van der Waals surface area contributed by atoms with Gasteiger partial charge in [0.2, 0.25) is 0 Å². The van der Waals surface area contributed by atoms with Gasteiger partial charge in [0.25, 0.3) is 0 Å². The molecule has 0 aliphatic heterocycles. The van der Waals surface area contributed by atoms with Crippen LogP contribution in [0.15, 0.2) is 12.4 Å². The Morgan fingerprint density at radius 1 is 1.37 bits per heavy atom. The first-order chi connectivity index (χ1) is 9.03. The van der Waals surface area contributed by atoms with Gasteiger partial charge in [-0.05, 0) is 20.4 Å². The maximum absolute atomic E-state index is 6.02. The Hall–Kier alpha value is -0.870. The van der Waals surface area contributed by atoms with Crippen LogP contribution in [0.2, 0.25) is 0 Å². The molecule has 19 heavy (non-hydrogen) atoms. The zero-order valence-electron chi connectivity index (χ0n) is 13.0. The van der Waals surface area contributed by atoms with Crippen molar-refractivity contribution in [1.82, 2.24) is 14.5 Å². The van der Waals surface area contributed by atoms with Crippen molar-refractivity contribution in [2.45, 2.75) is 58.0 Å². The second-order valence-corrected chi connectivity index (χ2v) is 5.82. The summed E-state index contributed by atoms with van der Waals surface area (Å²) in [6.07, 6.45) is 10.2. The fourth-order valence-corrected chi connectivity index (χ4v) is 2.33. The zero-order chi connectivity index (χ0) is 14.3. The third kappa shape index (κ3) is 4.62. The molecule has 1 aromatic rings. The number of rotatable bonds is 9. The van der Waals surface area contributed by atoms with Gasteiger partial charge in [0, 0.05) is 31.5 Å². The molecule has 0 aromatic carbocycles. The molecule has 0 spiro atoms. The predicted octanol–water partition coefficient (Wildman–Crippen LogP) is 2.54. The normalized spacial score (nSPS) is 14.8.